The van der Waals surface area contributed by atoms with Crippen molar-refractivity contribution >= 4 is 34.3 Å². The third-order valence-electron chi connectivity index (χ3n) is 2.44. The molecular weight excluding hydrogens is 266 g/mol. The molecule has 1 aromatic rings. The number of hydrogen-bond donors (Lipinski definition) is 1. The third kappa shape index (κ3) is 5.51. The van der Waals surface area contributed by atoms with Gasteiger partial charge in [-0.05, 0) is 12.5 Å². The molecule has 0 aliphatic carbocycles. The van der Waals surface area contributed by atoms with E-state index in [-0.39, 0.29) is 6.42 Å². The summed E-state index contributed by atoms with van der Waals surface area (Å²) >= 11 is 6.90. The second-order valence-electron chi connectivity index (χ2n) is 3.76. The highest BCUT2D eigenvalue weighted by atomic mass is 32.2. The van der Waals surface area contributed by atoms with Gasteiger partial charge >= 0.3 is 5.97 Å². The molecule has 1 rings (SSSR count). The summed E-state index contributed by atoms with van der Waals surface area (Å²) in [7, 11) is 0. The molecule has 18 heavy (non-hydrogen) atoms. The van der Waals surface area contributed by atoms with E-state index in [4.69, 9.17) is 17.3 Å². The summed E-state index contributed by atoms with van der Waals surface area (Å²) in [5.74, 6) is 0.0350. The number of aliphatic carboxylic acids is 1. The van der Waals surface area contributed by atoms with Crippen LogP contribution in [0.3, 0.4) is 0 Å². The Morgan fingerprint density at radius 3 is 2.61 bits per heavy atom. The Hall–Kier alpha value is -1.07. The van der Waals surface area contributed by atoms with E-state index in [0.717, 1.165) is 16.6 Å². The van der Waals surface area contributed by atoms with Crippen molar-refractivity contribution < 1.29 is 9.90 Å². The van der Waals surface area contributed by atoms with Crippen molar-refractivity contribution in [1.29, 1.82) is 0 Å². The summed E-state index contributed by atoms with van der Waals surface area (Å²) in [5.41, 5.74) is 1.22. The Labute approximate surface area is 117 Å². The summed E-state index contributed by atoms with van der Waals surface area (Å²) in [6.07, 6.45) is 0.125. The predicted molar refractivity (Wildman–Crippen MR) is 79.8 cm³/mol. The van der Waals surface area contributed by atoms with Crippen LogP contribution in [0.5, 0.6) is 0 Å². The van der Waals surface area contributed by atoms with E-state index in [2.05, 4.69) is 12.1 Å². The van der Waals surface area contributed by atoms with Crippen molar-refractivity contribution in [3.8, 4) is 0 Å². The van der Waals surface area contributed by atoms with Crippen molar-refractivity contribution in [2.45, 2.75) is 19.1 Å². The minimum absolute atomic E-state index is 0.125. The fourth-order valence-electron chi connectivity index (χ4n) is 1.42. The van der Waals surface area contributed by atoms with Crippen LogP contribution in [0.15, 0.2) is 30.3 Å². The third-order valence-corrected chi connectivity index (χ3v) is 4.04. The summed E-state index contributed by atoms with van der Waals surface area (Å²) in [6.45, 7) is 3.21. The lowest BCUT2D eigenvalue weighted by atomic mass is 10.2. The Kier molecular flexibility index (Phi) is 6.75. The molecule has 0 atom stereocenters. The Balaban J connectivity index is 2.40. The molecule has 0 unspecified atom stereocenters. The average Bonchev–Trinajstić information content (AvgIpc) is 2.38. The average molecular weight is 283 g/mol. The van der Waals surface area contributed by atoms with E-state index in [1.165, 1.54) is 5.56 Å². The molecule has 1 N–H and O–H groups in total. The van der Waals surface area contributed by atoms with Crippen LogP contribution in [0.4, 0.5) is 0 Å². The standard InChI is InChI=1S/C13H17NO2S2/c1-2-14(9-8-12(15)16)13(17)18-10-11-6-4-3-5-7-11/h3-7H,2,8-10H2,1H3,(H,15,16). The zero-order valence-corrected chi connectivity index (χ0v) is 12.0. The van der Waals surface area contributed by atoms with Crippen LogP contribution in [-0.4, -0.2) is 33.4 Å². The SMILES string of the molecule is CCN(CCC(=O)O)C(=S)SCc1ccccc1. The maximum absolute atomic E-state index is 10.5. The van der Waals surface area contributed by atoms with Gasteiger partial charge in [0.15, 0.2) is 0 Å². The number of nitrogens with zero attached hydrogens (tertiary/aromatic N) is 1. The molecule has 0 amide bonds. The first-order chi connectivity index (χ1) is 8.63. The Morgan fingerprint density at radius 1 is 1.39 bits per heavy atom. The minimum atomic E-state index is -0.788. The number of thiocarbonyl (C=S) groups is 1. The lowest BCUT2D eigenvalue weighted by Crippen LogP contribution is -2.29. The molecule has 0 fully saturated rings. The first kappa shape index (κ1) is 15.0. The second-order valence-corrected chi connectivity index (χ2v) is 5.37. The van der Waals surface area contributed by atoms with E-state index in [0.29, 0.717) is 6.54 Å². The van der Waals surface area contributed by atoms with Gasteiger partial charge in [-0.3, -0.25) is 4.79 Å². The Bertz CT molecular complexity index is 395. The van der Waals surface area contributed by atoms with Gasteiger partial charge in [0.05, 0.1) is 6.42 Å². The van der Waals surface area contributed by atoms with Crippen LogP contribution < -0.4 is 0 Å². The first-order valence-corrected chi connectivity index (χ1v) is 7.20. The van der Waals surface area contributed by atoms with Gasteiger partial charge in [-0.1, -0.05) is 54.3 Å². The van der Waals surface area contributed by atoms with E-state index >= 15 is 0 Å². The van der Waals surface area contributed by atoms with Crippen molar-refractivity contribution in [2.75, 3.05) is 13.1 Å². The fourth-order valence-corrected chi connectivity index (χ4v) is 2.70. The van der Waals surface area contributed by atoms with Crippen molar-refractivity contribution in [3.63, 3.8) is 0 Å². The van der Waals surface area contributed by atoms with Crippen LogP contribution in [0.25, 0.3) is 0 Å². The van der Waals surface area contributed by atoms with Crippen LogP contribution in [0.1, 0.15) is 18.9 Å². The molecule has 98 valence electrons. The fraction of sp³-hybridized carbons (Fsp3) is 0.385. The van der Waals surface area contributed by atoms with Gasteiger partial charge in [-0.15, -0.1) is 0 Å². The van der Waals surface area contributed by atoms with Gasteiger partial charge in [-0.2, -0.15) is 0 Å². The summed E-state index contributed by atoms with van der Waals surface area (Å²) in [6, 6.07) is 10.1. The smallest absolute Gasteiger partial charge is 0.305 e. The van der Waals surface area contributed by atoms with Gasteiger partial charge in [0.2, 0.25) is 0 Å². The van der Waals surface area contributed by atoms with Gasteiger partial charge in [-0.25, -0.2) is 0 Å². The van der Waals surface area contributed by atoms with Crippen LogP contribution in [0.2, 0.25) is 0 Å². The van der Waals surface area contributed by atoms with E-state index in [1.807, 2.05) is 30.0 Å². The number of hydrogen-bond acceptors (Lipinski definition) is 3. The molecular formula is C13H17NO2S2. The highest BCUT2D eigenvalue weighted by Crippen LogP contribution is 2.16. The molecule has 0 aromatic heterocycles. The summed E-state index contributed by atoms with van der Waals surface area (Å²) < 4.78 is 0.766. The zero-order chi connectivity index (χ0) is 13.4. The van der Waals surface area contributed by atoms with E-state index in [1.54, 1.807) is 11.8 Å². The summed E-state index contributed by atoms with van der Waals surface area (Å²) in [5, 5.41) is 8.67. The molecule has 0 saturated heterocycles. The van der Waals surface area contributed by atoms with Crippen LogP contribution in [-0.2, 0) is 10.5 Å². The monoisotopic (exact) mass is 283 g/mol. The number of benzene rings is 1. The molecule has 5 heteroatoms. The highest BCUT2D eigenvalue weighted by molar-refractivity contribution is 8.22. The number of rotatable bonds is 6. The summed E-state index contributed by atoms with van der Waals surface area (Å²) in [4.78, 5) is 12.5. The molecule has 0 spiro atoms. The van der Waals surface area contributed by atoms with E-state index < -0.39 is 5.97 Å². The number of carboxylic acids is 1. The van der Waals surface area contributed by atoms with Crippen LogP contribution in [0, 0.1) is 0 Å². The number of thioether (sulfide) groups is 1. The molecule has 1 aromatic carbocycles. The quantitative estimate of drug-likeness (QED) is 0.813. The lowest BCUT2D eigenvalue weighted by Gasteiger charge is -2.22. The van der Waals surface area contributed by atoms with Crippen LogP contribution >= 0.6 is 24.0 Å². The van der Waals surface area contributed by atoms with Crippen molar-refractivity contribution in [1.82, 2.24) is 4.90 Å². The zero-order valence-electron chi connectivity index (χ0n) is 10.3. The second kappa shape index (κ2) is 8.11. The molecule has 0 radical (unpaired) electrons. The molecule has 0 bridgehead atoms. The largest absolute Gasteiger partial charge is 0.481 e. The highest BCUT2D eigenvalue weighted by Gasteiger charge is 2.10. The predicted octanol–water partition coefficient (Wildman–Crippen LogP) is 3.00. The van der Waals surface area contributed by atoms with Gasteiger partial charge < -0.3 is 10.0 Å². The van der Waals surface area contributed by atoms with Gasteiger partial charge in [0.25, 0.3) is 0 Å². The molecule has 0 heterocycles. The molecule has 3 nitrogen and oxygen atoms in total. The Morgan fingerprint density at radius 2 is 2.06 bits per heavy atom. The van der Waals surface area contributed by atoms with Gasteiger partial charge in [0.1, 0.15) is 4.32 Å². The van der Waals surface area contributed by atoms with Gasteiger partial charge in [0, 0.05) is 18.8 Å². The van der Waals surface area contributed by atoms with E-state index in [9.17, 15) is 4.79 Å². The normalized spacial score (nSPS) is 10.1. The van der Waals surface area contributed by atoms with Crippen molar-refractivity contribution in [3.05, 3.63) is 35.9 Å². The maximum atomic E-state index is 10.5. The molecule has 0 aliphatic rings. The molecule has 0 aliphatic heterocycles. The molecule has 0 saturated carbocycles. The first-order valence-electron chi connectivity index (χ1n) is 5.81. The lowest BCUT2D eigenvalue weighted by molar-refractivity contribution is -0.137. The van der Waals surface area contributed by atoms with Crippen molar-refractivity contribution in [2.24, 2.45) is 0 Å². The number of carboxylic acid groups (broad SMARTS) is 1. The minimum Gasteiger partial charge on any atom is -0.481 e. The topological polar surface area (TPSA) is 40.5 Å². The maximum Gasteiger partial charge on any atom is 0.305 e. The number of carbonyl (C=O) groups is 1.